The third kappa shape index (κ3) is 5.32. The molecule has 4 heterocycles. The first-order chi connectivity index (χ1) is 19.3. The minimum atomic E-state index is -4.84. The maximum atomic E-state index is 13.3. The maximum absolute atomic E-state index is 13.3. The molecule has 2 aliphatic heterocycles. The van der Waals surface area contributed by atoms with Crippen LogP contribution in [0.1, 0.15) is 48.8 Å². The van der Waals surface area contributed by atoms with Crippen LogP contribution in [0.2, 0.25) is 5.02 Å². The van der Waals surface area contributed by atoms with Gasteiger partial charge < -0.3 is 14.7 Å². The van der Waals surface area contributed by atoms with Crippen molar-refractivity contribution in [1.29, 1.82) is 0 Å². The summed E-state index contributed by atoms with van der Waals surface area (Å²) >= 11 is 6.29. The second-order valence-electron chi connectivity index (χ2n) is 10.7. The zero-order valence-electron chi connectivity index (χ0n) is 21.5. The van der Waals surface area contributed by atoms with Gasteiger partial charge in [0.1, 0.15) is 5.82 Å². The third-order valence-corrected chi connectivity index (χ3v) is 8.32. The first-order valence-corrected chi connectivity index (χ1v) is 13.4. The SMILES string of the molecule is OC1(C(F)(F)F)CC(N2Cc3cc(Cl)ccc3-n3c(nnc3C3CCN(c4ncccc4OC(F)(F)F)CC3)C2)C1. The van der Waals surface area contributed by atoms with Crippen molar-refractivity contribution < 1.29 is 36.2 Å². The highest BCUT2D eigenvalue weighted by Gasteiger charge is 2.62. The molecule has 1 saturated carbocycles. The third-order valence-electron chi connectivity index (χ3n) is 8.08. The monoisotopic (exact) mass is 602 g/mol. The molecule has 0 spiro atoms. The van der Waals surface area contributed by atoms with Crippen LogP contribution in [-0.4, -0.2) is 67.0 Å². The molecule has 0 unspecified atom stereocenters. The van der Waals surface area contributed by atoms with E-state index in [-0.39, 0.29) is 24.0 Å². The normalized spacial score (nSPS) is 23.9. The highest BCUT2D eigenvalue weighted by Crippen LogP contribution is 2.48. The van der Waals surface area contributed by atoms with Gasteiger partial charge in [0, 0.05) is 55.7 Å². The van der Waals surface area contributed by atoms with Crippen LogP contribution in [-0.2, 0) is 13.1 Å². The van der Waals surface area contributed by atoms with Gasteiger partial charge in [0.2, 0.25) is 0 Å². The van der Waals surface area contributed by atoms with E-state index in [2.05, 4.69) is 19.9 Å². The van der Waals surface area contributed by atoms with Crippen molar-refractivity contribution in [2.24, 2.45) is 0 Å². The predicted molar refractivity (Wildman–Crippen MR) is 135 cm³/mol. The number of hydrogen-bond acceptors (Lipinski definition) is 7. The smallest absolute Gasteiger partial charge is 0.402 e. The molecule has 3 aromatic rings. The van der Waals surface area contributed by atoms with Crippen LogP contribution in [0.15, 0.2) is 36.5 Å². The fourth-order valence-corrected chi connectivity index (χ4v) is 6.15. The number of alkyl halides is 6. The average molecular weight is 603 g/mol. The molecule has 2 fully saturated rings. The Kier molecular flexibility index (Phi) is 6.85. The summed E-state index contributed by atoms with van der Waals surface area (Å²) in [6.07, 6.45) is -7.90. The fourth-order valence-electron chi connectivity index (χ4n) is 5.96. The summed E-state index contributed by atoms with van der Waals surface area (Å²) in [5.74, 6) is 0.875. The van der Waals surface area contributed by atoms with E-state index in [1.807, 2.05) is 15.5 Å². The topological polar surface area (TPSA) is 79.5 Å². The number of ether oxygens (including phenoxy) is 1. The van der Waals surface area contributed by atoms with Gasteiger partial charge in [-0.15, -0.1) is 23.4 Å². The molecule has 1 aliphatic carbocycles. The largest absolute Gasteiger partial charge is 0.573 e. The van der Waals surface area contributed by atoms with Gasteiger partial charge >= 0.3 is 12.5 Å². The van der Waals surface area contributed by atoms with E-state index in [0.29, 0.717) is 49.1 Å². The molecule has 1 N–H and O–H groups in total. The highest BCUT2D eigenvalue weighted by molar-refractivity contribution is 6.30. The van der Waals surface area contributed by atoms with Crippen LogP contribution >= 0.6 is 11.6 Å². The minimum Gasteiger partial charge on any atom is -0.402 e. The molecule has 1 aromatic carbocycles. The zero-order chi connectivity index (χ0) is 29.2. The second kappa shape index (κ2) is 10.0. The quantitative estimate of drug-likeness (QED) is 0.402. The molecule has 0 radical (unpaired) electrons. The van der Waals surface area contributed by atoms with Crippen LogP contribution in [0.5, 0.6) is 5.75 Å². The van der Waals surface area contributed by atoms with Crippen LogP contribution < -0.4 is 9.64 Å². The van der Waals surface area contributed by atoms with E-state index in [1.165, 1.54) is 18.3 Å². The highest BCUT2D eigenvalue weighted by atomic mass is 35.5. The van der Waals surface area contributed by atoms with Crippen molar-refractivity contribution in [2.75, 3.05) is 18.0 Å². The fraction of sp³-hybridized carbons (Fsp3) is 0.500. The van der Waals surface area contributed by atoms with Gasteiger partial charge in [0.25, 0.3) is 0 Å². The Morgan fingerprint density at radius 1 is 1.00 bits per heavy atom. The number of rotatable bonds is 4. The summed E-state index contributed by atoms with van der Waals surface area (Å²) in [4.78, 5) is 7.72. The lowest BCUT2D eigenvalue weighted by molar-refractivity contribution is -0.300. The molecule has 0 amide bonds. The van der Waals surface area contributed by atoms with E-state index < -0.39 is 37.0 Å². The van der Waals surface area contributed by atoms with Crippen molar-refractivity contribution in [3.05, 3.63) is 58.8 Å². The summed E-state index contributed by atoms with van der Waals surface area (Å²) in [6.45, 7) is 1.34. The molecule has 220 valence electrons. The molecule has 1 saturated heterocycles. The number of nitrogens with zero attached hydrogens (tertiary/aromatic N) is 6. The van der Waals surface area contributed by atoms with Gasteiger partial charge in [0.15, 0.2) is 23.0 Å². The van der Waals surface area contributed by atoms with Crippen LogP contribution in [0.3, 0.4) is 0 Å². The zero-order valence-corrected chi connectivity index (χ0v) is 22.2. The van der Waals surface area contributed by atoms with Crippen LogP contribution in [0, 0.1) is 0 Å². The van der Waals surface area contributed by atoms with Crippen molar-refractivity contribution in [2.45, 2.75) is 68.9 Å². The molecule has 6 rings (SSSR count). The average Bonchev–Trinajstić information content (AvgIpc) is 3.21. The summed E-state index contributed by atoms with van der Waals surface area (Å²) < 4.78 is 84.7. The van der Waals surface area contributed by atoms with Gasteiger partial charge in [0.05, 0.1) is 12.2 Å². The second-order valence-corrected chi connectivity index (χ2v) is 11.1. The molecular weight excluding hydrogens is 578 g/mol. The molecular formula is C26H25ClF6N6O2. The maximum Gasteiger partial charge on any atom is 0.573 e. The number of hydrogen-bond donors (Lipinski definition) is 1. The summed E-state index contributed by atoms with van der Waals surface area (Å²) in [6, 6.07) is 7.42. The van der Waals surface area contributed by atoms with E-state index in [1.54, 1.807) is 17.0 Å². The Morgan fingerprint density at radius 2 is 1.73 bits per heavy atom. The molecule has 2 aromatic heterocycles. The molecule has 0 bridgehead atoms. The Balaban J connectivity index is 1.24. The van der Waals surface area contributed by atoms with Crippen molar-refractivity contribution in [3.8, 4) is 11.4 Å². The Hall–Kier alpha value is -3.10. The number of anilines is 1. The number of piperidine rings is 1. The van der Waals surface area contributed by atoms with E-state index in [4.69, 9.17) is 11.6 Å². The van der Waals surface area contributed by atoms with E-state index in [0.717, 1.165) is 11.3 Å². The van der Waals surface area contributed by atoms with Crippen molar-refractivity contribution in [1.82, 2.24) is 24.6 Å². The van der Waals surface area contributed by atoms with Gasteiger partial charge in [-0.3, -0.25) is 9.47 Å². The number of aliphatic hydroxyl groups is 1. The number of fused-ring (bicyclic) bond motifs is 3. The summed E-state index contributed by atoms with van der Waals surface area (Å²) in [5, 5.41) is 19.4. The van der Waals surface area contributed by atoms with E-state index >= 15 is 0 Å². The van der Waals surface area contributed by atoms with Crippen LogP contribution in [0.25, 0.3) is 5.69 Å². The Labute approximate surface area is 235 Å². The number of halogens is 7. The van der Waals surface area contributed by atoms with Gasteiger partial charge in [-0.05, 0) is 48.7 Å². The molecule has 15 heteroatoms. The standard InChI is InChI=1S/C26H25ClF6N6O2/c27-17-3-4-19-16(10-17)13-38(18-11-24(40,12-18)25(28,29)30)14-21-35-36-22(39(19)21)15-5-8-37(9-6-15)23-20(2-1-7-34-23)41-26(31,32)33/h1-4,7,10,15,18,40H,5-6,8-9,11-14H2. The number of aromatic nitrogens is 4. The van der Waals surface area contributed by atoms with Crippen molar-refractivity contribution in [3.63, 3.8) is 0 Å². The molecule has 8 nitrogen and oxygen atoms in total. The first-order valence-electron chi connectivity index (χ1n) is 13.0. The minimum absolute atomic E-state index is 0.0858. The predicted octanol–water partition coefficient (Wildman–Crippen LogP) is 5.37. The Morgan fingerprint density at radius 3 is 2.41 bits per heavy atom. The molecule has 3 aliphatic rings. The summed E-state index contributed by atoms with van der Waals surface area (Å²) in [5.41, 5.74) is -1.14. The number of pyridine rings is 1. The van der Waals surface area contributed by atoms with Gasteiger partial charge in [-0.25, -0.2) is 4.98 Å². The first kappa shape index (κ1) is 28.0. The summed E-state index contributed by atoms with van der Waals surface area (Å²) in [7, 11) is 0. The lowest BCUT2D eigenvalue weighted by Crippen LogP contribution is -2.61. The van der Waals surface area contributed by atoms with Gasteiger partial charge in [-0.1, -0.05) is 11.6 Å². The van der Waals surface area contributed by atoms with Crippen molar-refractivity contribution >= 4 is 17.4 Å². The van der Waals surface area contributed by atoms with E-state index in [9.17, 15) is 31.4 Å². The molecule has 41 heavy (non-hydrogen) atoms. The molecule has 0 atom stereocenters. The van der Waals surface area contributed by atoms with Gasteiger partial charge in [-0.2, -0.15) is 13.2 Å². The lowest BCUT2D eigenvalue weighted by Gasteiger charge is -2.48. The number of benzene rings is 1. The Bertz CT molecular complexity index is 1430. The van der Waals surface area contributed by atoms with Crippen LogP contribution in [0.4, 0.5) is 32.2 Å². The lowest BCUT2D eigenvalue weighted by atomic mass is 9.74.